The smallest absolute Gasteiger partial charge is 0.123 e. The Morgan fingerprint density at radius 1 is 1.00 bits per heavy atom. The van der Waals surface area contributed by atoms with Gasteiger partial charge >= 0.3 is 0 Å². The van der Waals surface area contributed by atoms with E-state index in [2.05, 4.69) is 50.4 Å². The average Bonchev–Trinajstić information content (AvgIpc) is 2.47. The van der Waals surface area contributed by atoms with Gasteiger partial charge in [-0.25, -0.2) is 4.39 Å². The van der Waals surface area contributed by atoms with Crippen molar-refractivity contribution in [2.45, 2.75) is 45.7 Å². The van der Waals surface area contributed by atoms with Crippen LogP contribution in [0.3, 0.4) is 0 Å². The molecule has 0 saturated carbocycles. The molecule has 1 nitrogen and oxygen atoms in total. The first-order valence-electron chi connectivity index (χ1n) is 7.67. The van der Waals surface area contributed by atoms with Gasteiger partial charge in [-0.05, 0) is 55.5 Å². The summed E-state index contributed by atoms with van der Waals surface area (Å²) in [7, 11) is 0. The van der Waals surface area contributed by atoms with Gasteiger partial charge in [0.25, 0.3) is 0 Å². The zero-order chi connectivity index (χ0) is 15.2. The summed E-state index contributed by atoms with van der Waals surface area (Å²) in [6.45, 7) is 6.47. The normalized spacial score (nSPS) is 13.9. The Labute approximate surface area is 127 Å². The molecular weight excluding hydrogens is 261 g/mol. The minimum absolute atomic E-state index is 0.164. The van der Waals surface area contributed by atoms with Gasteiger partial charge in [-0.1, -0.05) is 43.3 Å². The van der Waals surface area contributed by atoms with Crippen LogP contribution in [0.4, 0.5) is 4.39 Å². The van der Waals surface area contributed by atoms with Gasteiger partial charge in [0.15, 0.2) is 0 Å². The fourth-order valence-electron chi connectivity index (χ4n) is 2.64. The van der Waals surface area contributed by atoms with Gasteiger partial charge in [-0.3, -0.25) is 0 Å². The lowest BCUT2D eigenvalue weighted by Crippen LogP contribution is -2.30. The van der Waals surface area contributed by atoms with Crippen LogP contribution in [0, 0.1) is 5.82 Å². The molecule has 21 heavy (non-hydrogen) atoms. The van der Waals surface area contributed by atoms with Crippen LogP contribution in [0.2, 0.25) is 0 Å². The van der Waals surface area contributed by atoms with Crippen LogP contribution in [0.5, 0.6) is 0 Å². The standard InChI is InChI=1S/C19H24FN/c1-4-16-8-10-18(11-9-16)15(3)21-14(2)12-17-6-5-7-19(20)13-17/h5-11,13-15,21H,4,12H2,1-3H3. The van der Waals surface area contributed by atoms with Crippen molar-refractivity contribution in [3.63, 3.8) is 0 Å². The third kappa shape index (κ3) is 4.68. The summed E-state index contributed by atoms with van der Waals surface area (Å²) in [4.78, 5) is 0. The molecule has 0 aliphatic carbocycles. The fraction of sp³-hybridized carbons (Fsp3) is 0.368. The Bertz CT molecular complexity index is 562. The highest BCUT2D eigenvalue weighted by Gasteiger charge is 2.10. The minimum atomic E-state index is -0.164. The number of rotatable bonds is 6. The molecule has 2 atom stereocenters. The average molecular weight is 285 g/mol. The van der Waals surface area contributed by atoms with Gasteiger partial charge in [-0.2, -0.15) is 0 Å². The van der Waals surface area contributed by atoms with Crippen molar-refractivity contribution in [3.8, 4) is 0 Å². The van der Waals surface area contributed by atoms with E-state index in [-0.39, 0.29) is 5.82 Å². The number of aryl methyl sites for hydroxylation is 1. The quantitative estimate of drug-likeness (QED) is 0.813. The number of benzene rings is 2. The lowest BCUT2D eigenvalue weighted by Gasteiger charge is -2.21. The minimum Gasteiger partial charge on any atom is -0.307 e. The number of nitrogens with one attached hydrogen (secondary N) is 1. The Morgan fingerprint density at radius 3 is 2.33 bits per heavy atom. The third-order valence-electron chi connectivity index (χ3n) is 3.85. The van der Waals surface area contributed by atoms with E-state index in [1.165, 1.54) is 17.2 Å². The number of hydrogen-bond donors (Lipinski definition) is 1. The molecule has 0 radical (unpaired) electrons. The van der Waals surface area contributed by atoms with Crippen molar-refractivity contribution >= 4 is 0 Å². The van der Waals surface area contributed by atoms with Crippen LogP contribution in [0.1, 0.15) is 43.5 Å². The second-order valence-electron chi connectivity index (χ2n) is 5.72. The Hall–Kier alpha value is -1.67. The van der Waals surface area contributed by atoms with E-state index in [1.807, 2.05) is 6.07 Å². The van der Waals surface area contributed by atoms with Crippen molar-refractivity contribution in [2.75, 3.05) is 0 Å². The van der Waals surface area contributed by atoms with Crippen LogP contribution in [0.25, 0.3) is 0 Å². The molecular formula is C19H24FN. The highest BCUT2D eigenvalue weighted by Crippen LogP contribution is 2.15. The molecule has 1 N–H and O–H groups in total. The molecule has 0 aliphatic rings. The molecule has 2 unspecified atom stereocenters. The Kier molecular flexibility index (Phi) is 5.51. The van der Waals surface area contributed by atoms with Crippen molar-refractivity contribution in [1.82, 2.24) is 5.32 Å². The fourth-order valence-corrected chi connectivity index (χ4v) is 2.64. The van der Waals surface area contributed by atoms with E-state index in [1.54, 1.807) is 12.1 Å². The second kappa shape index (κ2) is 7.37. The first-order valence-corrected chi connectivity index (χ1v) is 7.67. The van der Waals surface area contributed by atoms with Crippen LogP contribution in [0.15, 0.2) is 48.5 Å². The summed E-state index contributed by atoms with van der Waals surface area (Å²) in [5.74, 6) is -0.164. The molecule has 2 rings (SSSR count). The summed E-state index contributed by atoms with van der Waals surface area (Å²) in [5.41, 5.74) is 3.68. The summed E-state index contributed by atoms with van der Waals surface area (Å²) in [6.07, 6.45) is 1.90. The molecule has 0 spiro atoms. The Balaban J connectivity index is 1.93. The molecule has 0 aliphatic heterocycles. The highest BCUT2D eigenvalue weighted by atomic mass is 19.1. The first kappa shape index (κ1) is 15.7. The van der Waals surface area contributed by atoms with Gasteiger partial charge in [0.2, 0.25) is 0 Å². The second-order valence-corrected chi connectivity index (χ2v) is 5.72. The number of hydrogen-bond acceptors (Lipinski definition) is 1. The topological polar surface area (TPSA) is 12.0 Å². The predicted octanol–water partition coefficient (Wildman–Crippen LogP) is 4.67. The van der Waals surface area contributed by atoms with Gasteiger partial charge in [0, 0.05) is 12.1 Å². The molecule has 0 fully saturated rings. The van der Waals surface area contributed by atoms with Crippen molar-refractivity contribution < 1.29 is 4.39 Å². The van der Waals surface area contributed by atoms with E-state index in [4.69, 9.17) is 0 Å². The molecule has 2 aromatic rings. The maximum Gasteiger partial charge on any atom is 0.123 e. The maximum atomic E-state index is 13.2. The maximum absolute atomic E-state index is 13.2. The molecule has 112 valence electrons. The van der Waals surface area contributed by atoms with E-state index < -0.39 is 0 Å². The summed E-state index contributed by atoms with van der Waals surface area (Å²) < 4.78 is 13.2. The zero-order valence-corrected chi connectivity index (χ0v) is 13.1. The molecule has 0 bridgehead atoms. The largest absolute Gasteiger partial charge is 0.307 e. The van der Waals surface area contributed by atoms with E-state index in [0.29, 0.717) is 12.1 Å². The monoisotopic (exact) mass is 285 g/mol. The van der Waals surface area contributed by atoms with Crippen LogP contribution >= 0.6 is 0 Å². The summed E-state index contributed by atoms with van der Waals surface area (Å²) >= 11 is 0. The van der Waals surface area contributed by atoms with Gasteiger partial charge in [0.1, 0.15) is 5.82 Å². The predicted molar refractivity (Wildman–Crippen MR) is 86.9 cm³/mol. The molecule has 2 heteroatoms. The molecule has 0 aromatic heterocycles. The molecule has 0 heterocycles. The van der Waals surface area contributed by atoms with Crippen LogP contribution in [-0.4, -0.2) is 6.04 Å². The lowest BCUT2D eigenvalue weighted by molar-refractivity contribution is 0.476. The third-order valence-corrected chi connectivity index (χ3v) is 3.85. The van der Waals surface area contributed by atoms with E-state index in [0.717, 1.165) is 18.4 Å². The summed E-state index contributed by atoms with van der Waals surface area (Å²) in [6, 6.07) is 16.2. The molecule has 2 aromatic carbocycles. The van der Waals surface area contributed by atoms with E-state index in [9.17, 15) is 4.39 Å². The Morgan fingerprint density at radius 2 is 1.71 bits per heavy atom. The van der Waals surface area contributed by atoms with Crippen LogP contribution < -0.4 is 5.32 Å². The summed E-state index contributed by atoms with van der Waals surface area (Å²) in [5, 5.41) is 3.58. The first-order chi connectivity index (χ1) is 10.1. The lowest BCUT2D eigenvalue weighted by atomic mass is 10.0. The zero-order valence-electron chi connectivity index (χ0n) is 13.1. The van der Waals surface area contributed by atoms with Crippen LogP contribution in [-0.2, 0) is 12.8 Å². The van der Waals surface area contributed by atoms with Crippen molar-refractivity contribution in [2.24, 2.45) is 0 Å². The van der Waals surface area contributed by atoms with Gasteiger partial charge in [0.05, 0.1) is 0 Å². The van der Waals surface area contributed by atoms with E-state index >= 15 is 0 Å². The van der Waals surface area contributed by atoms with Gasteiger partial charge in [-0.15, -0.1) is 0 Å². The number of halogens is 1. The van der Waals surface area contributed by atoms with Gasteiger partial charge < -0.3 is 5.32 Å². The van der Waals surface area contributed by atoms with Crippen molar-refractivity contribution in [3.05, 3.63) is 71.0 Å². The SMILES string of the molecule is CCc1ccc(C(C)NC(C)Cc2cccc(F)c2)cc1. The highest BCUT2D eigenvalue weighted by molar-refractivity contribution is 5.25. The molecule has 0 amide bonds. The van der Waals surface area contributed by atoms with Crippen molar-refractivity contribution in [1.29, 1.82) is 0 Å². The molecule has 0 saturated heterocycles.